The number of ether oxygens (including phenoxy) is 2. The van der Waals surface area contributed by atoms with E-state index < -0.39 is 68.3 Å². The number of hydrogen-bond acceptors (Lipinski definition) is 11. The quantitative estimate of drug-likeness (QED) is 0.190. The highest BCUT2D eigenvalue weighted by Gasteiger charge is 2.46. The Hall–Kier alpha value is -0.770. The SMILES string of the molecule is O.O=C[C@H](O[C@@H]1O[C@H](CO)[C@@H](O)[C@H](O)[C@H]1O)[C@@H](O)[C@H](O)[C@H](O)CO. The molecule has 0 aromatic rings. The van der Waals surface area contributed by atoms with Gasteiger partial charge in [0.25, 0.3) is 0 Å². The average molecular weight is 360 g/mol. The summed E-state index contributed by atoms with van der Waals surface area (Å²) in [4.78, 5) is 11.0. The topological polar surface area (TPSA) is 229 Å². The standard InChI is InChI=1S/C12H22O11.H2O/c13-1-4(16)7(17)8(18)5(2-14)22-12-11(21)10(20)9(19)6(3-15)23-12;/h2,4-13,15-21H,1,3H2;1H2/t4-,5+,6-,7-,8-,9-,10+,11-,12-;/m1./s1. The molecule has 0 amide bonds. The predicted octanol–water partition coefficient (Wildman–Crippen LogP) is -6.38. The number of aliphatic hydroxyl groups excluding tert-OH is 8. The molecule has 0 unspecified atom stereocenters. The third-order valence-electron chi connectivity index (χ3n) is 3.54. The molecule has 1 aliphatic heterocycles. The highest BCUT2D eigenvalue weighted by Crippen LogP contribution is 2.23. The van der Waals surface area contributed by atoms with Crippen molar-refractivity contribution < 1.29 is 60.6 Å². The summed E-state index contributed by atoms with van der Waals surface area (Å²) >= 11 is 0. The van der Waals surface area contributed by atoms with Crippen molar-refractivity contribution in [2.45, 2.75) is 55.1 Å². The number of hydrogen-bond donors (Lipinski definition) is 8. The summed E-state index contributed by atoms with van der Waals surface area (Å²) in [6, 6.07) is 0. The lowest BCUT2D eigenvalue weighted by Gasteiger charge is -2.41. The fourth-order valence-corrected chi connectivity index (χ4v) is 2.06. The van der Waals surface area contributed by atoms with E-state index in [2.05, 4.69) is 0 Å². The normalized spacial score (nSPS) is 35.4. The third-order valence-corrected chi connectivity index (χ3v) is 3.54. The Morgan fingerprint density at radius 2 is 1.58 bits per heavy atom. The molecule has 0 radical (unpaired) electrons. The van der Waals surface area contributed by atoms with Gasteiger partial charge in [-0.15, -0.1) is 0 Å². The van der Waals surface area contributed by atoms with E-state index in [1.165, 1.54) is 0 Å². The van der Waals surface area contributed by atoms with Crippen LogP contribution in [0.4, 0.5) is 0 Å². The zero-order valence-electron chi connectivity index (χ0n) is 12.5. The van der Waals surface area contributed by atoms with Crippen molar-refractivity contribution in [1.29, 1.82) is 0 Å². The molecule has 0 aromatic carbocycles. The molecule has 0 aromatic heterocycles. The predicted molar refractivity (Wildman–Crippen MR) is 73.4 cm³/mol. The summed E-state index contributed by atoms with van der Waals surface area (Å²) in [5.41, 5.74) is 0. The molecule has 9 atom stereocenters. The Bertz CT molecular complexity index is 366. The van der Waals surface area contributed by atoms with Crippen LogP contribution in [0.2, 0.25) is 0 Å². The van der Waals surface area contributed by atoms with Crippen molar-refractivity contribution in [3.05, 3.63) is 0 Å². The van der Waals surface area contributed by atoms with Gasteiger partial charge in [0.05, 0.1) is 13.2 Å². The molecule has 24 heavy (non-hydrogen) atoms. The third kappa shape index (κ3) is 5.11. The maximum atomic E-state index is 11.0. The van der Waals surface area contributed by atoms with Gasteiger partial charge in [-0.3, -0.25) is 0 Å². The lowest BCUT2D eigenvalue weighted by Crippen LogP contribution is -2.60. The average Bonchev–Trinajstić information content (AvgIpc) is 2.57. The van der Waals surface area contributed by atoms with Gasteiger partial charge in [0.1, 0.15) is 48.8 Å². The zero-order chi connectivity index (χ0) is 17.7. The van der Waals surface area contributed by atoms with Crippen LogP contribution < -0.4 is 0 Å². The van der Waals surface area contributed by atoms with Gasteiger partial charge in [-0.2, -0.15) is 0 Å². The molecule has 12 heteroatoms. The fraction of sp³-hybridized carbons (Fsp3) is 0.917. The van der Waals surface area contributed by atoms with Crippen molar-refractivity contribution >= 4 is 6.29 Å². The van der Waals surface area contributed by atoms with Gasteiger partial charge in [-0.05, 0) is 0 Å². The van der Waals surface area contributed by atoms with E-state index >= 15 is 0 Å². The molecule has 1 fully saturated rings. The van der Waals surface area contributed by atoms with Crippen molar-refractivity contribution in [3.63, 3.8) is 0 Å². The van der Waals surface area contributed by atoms with Crippen LogP contribution in [0, 0.1) is 0 Å². The number of aldehydes is 1. The van der Waals surface area contributed by atoms with Gasteiger partial charge in [-0.1, -0.05) is 0 Å². The van der Waals surface area contributed by atoms with Gasteiger partial charge in [0.15, 0.2) is 12.6 Å². The first-order chi connectivity index (χ1) is 10.8. The first-order valence-corrected chi connectivity index (χ1v) is 6.84. The maximum Gasteiger partial charge on any atom is 0.187 e. The van der Waals surface area contributed by atoms with Crippen molar-refractivity contribution in [2.24, 2.45) is 0 Å². The minimum absolute atomic E-state index is 0. The van der Waals surface area contributed by atoms with E-state index in [4.69, 9.17) is 19.7 Å². The Morgan fingerprint density at radius 1 is 1.00 bits per heavy atom. The molecule has 0 spiro atoms. The van der Waals surface area contributed by atoms with Crippen LogP contribution in [-0.2, 0) is 14.3 Å². The van der Waals surface area contributed by atoms with Crippen LogP contribution in [0.15, 0.2) is 0 Å². The van der Waals surface area contributed by atoms with Gasteiger partial charge in [0, 0.05) is 0 Å². The van der Waals surface area contributed by atoms with E-state index in [0.717, 1.165) is 0 Å². The van der Waals surface area contributed by atoms with E-state index in [1.807, 2.05) is 0 Å². The molecule has 144 valence electrons. The molecular formula is C12H24O12. The first kappa shape index (κ1) is 23.2. The van der Waals surface area contributed by atoms with Gasteiger partial charge in [0.2, 0.25) is 0 Å². The van der Waals surface area contributed by atoms with E-state index in [0.29, 0.717) is 0 Å². The Balaban J connectivity index is 0.00000529. The zero-order valence-corrected chi connectivity index (χ0v) is 12.5. The molecule has 1 rings (SSSR count). The second-order valence-corrected chi connectivity index (χ2v) is 5.17. The van der Waals surface area contributed by atoms with Crippen LogP contribution in [0.25, 0.3) is 0 Å². The summed E-state index contributed by atoms with van der Waals surface area (Å²) in [6.07, 6.45) is -15.5. The van der Waals surface area contributed by atoms with Crippen LogP contribution >= 0.6 is 0 Å². The first-order valence-electron chi connectivity index (χ1n) is 6.84. The summed E-state index contributed by atoms with van der Waals surface area (Å²) in [5, 5.41) is 75.2. The van der Waals surface area contributed by atoms with Gasteiger partial charge in [-0.25, -0.2) is 0 Å². The number of rotatable bonds is 8. The van der Waals surface area contributed by atoms with Crippen LogP contribution in [0.3, 0.4) is 0 Å². The number of carbonyl (C=O) groups excluding carboxylic acids is 1. The lowest BCUT2D eigenvalue weighted by atomic mass is 9.99. The molecule has 1 aliphatic rings. The Labute approximate surface area is 136 Å². The largest absolute Gasteiger partial charge is 0.412 e. The van der Waals surface area contributed by atoms with Crippen molar-refractivity contribution in [2.75, 3.05) is 13.2 Å². The summed E-state index contributed by atoms with van der Waals surface area (Å²) in [6.45, 7) is -1.60. The van der Waals surface area contributed by atoms with Gasteiger partial charge < -0.3 is 60.6 Å². The minimum atomic E-state index is -1.97. The fourth-order valence-electron chi connectivity index (χ4n) is 2.06. The summed E-state index contributed by atoms with van der Waals surface area (Å²) in [5.74, 6) is 0. The van der Waals surface area contributed by atoms with Crippen LogP contribution in [0.5, 0.6) is 0 Å². The molecule has 1 heterocycles. The molecule has 0 aliphatic carbocycles. The smallest absolute Gasteiger partial charge is 0.187 e. The van der Waals surface area contributed by atoms with Crippen molar-refractivity contribution in [1.82, 2.24) is 0 Å². The van der Waals surface area contributed by atoms with E-state index in [9.17, 15) is 35.4 Å². The second-order valence-electron chi connectivity index (χ2n) is 5.17. The molecule has 0 saturated carbocycles. The highest BCUT2D eigenvalue weighted by molar-refractivity contribution is 5.57. The van der Waals surface area contributed by atoms with Crippen molar-refractivity contribution in [3.8, 4) is 0 Å². The van der Waals surface area contributed by atoms with Crippen LogP contribution in [-0.4, -0.2) is 121 Å². The molecular weight excluding hydrogens is 336 g/mol. The molecule has 1 saturated heterocycles. The molecule has 12 nitrogen and oxygen atoms in total. The van der Waals surface area contributed by atoms with Gasteiger partial charge >= 0.3 is 0 Å². The highest BCUT2D eigenvalue weighted by atomic mass is 16.7. The minimum Gasteiger partial charge on any atom is -0.412 e. The lowest BCUT2D eigenvalue weighted by molar-refractivity contribution is -0.315. The monoisotopic (exact) mass is 360 g/mol. The molecule has 10 N–H and O–H groups in total. The summed E-state index contributed by atoms with van der Waals surface area (Å²) in [7, 11) is 0. The second kappa shape index (κ2) is 10.3. The number of aliphatic hydroxyl groups is 8. The van der Waals surface area contributed by atoms with Crippen LogP contribution in [0.1, 0.15) is 0 Å². The molecule has 0 bridgehead atoms. The van der Waals surface area contributed by atoms with E-state index in [-0.39, 0.29) is 11.8 Å². The maximum absolute atomic E-state index is 11.0. The Kier molecular flexibility index (Phi) is 9.94. The Morgan fingerprint density at radius 3 is 2.04 bits per heavy atom. The van der Waals surface area contributed by atoms with E-state index in [1.54, 1.807) is 0 Å². The number of carbonyl (C=O) groups is 1. The summed E-state index contributed by atoms with van der Waals surface area (Å²) < 4.78 is 9.94.